The molecule has 1 aromatic carbocycles. The minimum atomic E-state index is 0.964. The van der Waals surface area contributed by atoms with Gasteiger partial charge in [-0.05, 0) is 25.5 Å². The number of anilines is 2. The molecule has 0 radical (unpaired) electrons. The standard InChI is InChI=1S/C17H19N5S/c1-12-4-3-5-14-16(12)20-17(23-14)22-8-6-21(7-9-22)15-10-13(2)18-11-19-15/h3-5,10-11H,6-9H2,1-2H3. The van der Waals surface area contributed by atoms with Crippen LogP contribution in [0.2, 0.25) is 0 Å². The Morgan fingerprint density at radius 3 is 2.52 bits per heavy atom. The van der Waals surface area contributed by atoms with Crippen LogP contribution in [-0.4, -0.2) is 41.1 Å². The van der Waals surface area contributed by atoms with Crippen molar-refractivity contribution in [2.75, 3.05) is 36.0 Å². The summed E-state index contributed by atoms with van der Waals surface area (Å²) in [5, 5.41) is 1.13. The maximum atomic E-state index is 4.85. The van der Waals surface area contributed by atoms with Crippen LogP contribution in [0, 0.1) is 13.8 Å². The van der Waals surface area contributed by atoms with E-state index in [0.29, 0.717) is 0 Å². The Kier molecular flexibility index (Phi) is 3.61. The predicted octanol–water partition coefficient (Wildman–Crippen LogP) is 3.03. The van der Waals surface area contributed by atoms with E-state index in [1.165, 1.54) is 10.3 Å². The molecule has 0 N–H and O–H groups in total. The van der Waals surface area contributed by atoms with Crippen LogP contribution in [-0.2, 0) is 0 Å². The Morgan fingerprint density at radius 1 is 1.00 bits per heavy atom. The second-order valence-electron chi connectivity index (χ2n) is 5.91. The first kappa shape index (κ1) is 14.4. The second-order valence-corrected chi connectivity index (χ2v) is 6.92. The van der Waals surface area contributed by atoms with Crippen LogP contribution >= 0.6 is 11.3 Å². The number of nitrogens with zero attached hydrogens (tertiary/aromatic N) is 5. The van der Waals surface area contributed by atoms with Gasteiger partial charge in [0.1, 0.15) is 12.1 Å². The van der Waals surface area contributed by atoms with Gasteiger partial charge in [-0.25, -0.2) is 15.0 Å². The molecule has 23 heavy (non-hydrogen) atoms. The van der Waals surface area contributed by atoms with Crippen molar-refractivity contribution >= 4 is 32.5 Å². The zero-order valence-corrected chi connectivity index (χ0v) is 14.2. The Labute approximate surface area is 139 Å². The van der Waals surface area contributed by atoms with E-state index in [1.54, 1.807) is 17.7 Å². The largest absolute Gasteiger partial charge is 0.353 e. The monoisotopic (exact) mass is 325 g/mol. The number of piperazine rings is 1. The summed E-state index contributed by atoms with van der Waals surface area (Å²) in [6.07, 6.45) is 1.65. The first-order chi connectivity index (χ1) is 11.2. The molecule has 0 saturated carbocycles. The van der Waals surface area contributed by atoms with Gasteiger partial charge in [-0.1, -0.05) is 23.5 Å². The van der Waals surface area contributed by atoms with E-state index in [0.717, 1.165) is 48.3 Å². The van der Waals surface area contributed by atoms with Crippen LogP contribution in [0.3, 0.4) is 0 Å². The minimum Gasteiger partial charge on any atom is -0.353 e. The number of aromatic nitrogens is 3. The Bertz CT molecular complexity index is 836. The maximum Gasteiger partial charge on any atom is 0.186 e. The van der Waals surface area contributed by atoms with Gasteiger partial charge in [0.15, 0.2) is 5.13 Å². The molecule has 2 aromatic heterocycles. The molecular formula is C17H19N5S. The van der Waals surface area contributed by atoms with E-state index in [1.807, 2.05) is 6.92 Å². The van der Waals surface area contributed by atoms with Crippen LogP contribution in [0.5, 0.6) is 0 Å². The number of aryl methyl sites for hydroxylation is 2. The molecule has 0 spiro atoms. The Balaban J connectivity index is 1.51. The third-order valence-corrected chi connectivity index (χ3v) is 5.35. The normalized spacial score (nSPS) is 15.4. The summed E-state index contributed by atoms with van der Waals surface area (Å²) in [6.45, 7) is 8.01. The topological polar surface area (TPSA) is 45.2 Å². The van der Waals surface area contributed by atoms with Crippen molar-refractivity contribution in [2.24, 2.45) is 0 Å². The fourth-order valence-corrected chi connectivity index (χ4v) is 4.05. The molecule has 1 fully saturated rings. The van der Waals surface area contributed by atoms with E-state index in [9.17, 15) is 0 Å². The number of benzene rings is 1. The average molecular weight is 325 g/mol. The maximum absolute atomic E-state index is 4.85. The number of rotatable bonds is 2. The van der Waals surface area contributed by atoms with Gasteiger partial charge in [0, 0.05) is 37.9 Å². The van der Waals surface area contributed by atoms with E-state index in [4.69, 9.17) is 4.98 Å². The highest BCUT2D eigenvalue weighted by molar-refractivity contribution is 7.22. The zero-order valence-electron chi connectivity index (χ0n) is 13.4. The van der Waals surface area contributed by atoms with E-state index >= 15 is 0 Å². The average Bonchev–Trinajstić information content (AvgIpc) is 3.01. The molecule has 5 nitrogen and oxygen atoms in total. The van der Waals surface area contributed by atoms with E-state index in [-0.39, 0.29) is 0 Å². The lowest BCUT2D eigenvalue weighted by atomic mass is 10.2. The van der Waals surface area contributed by atoms with E-state index < -0.39 is 0 Å². The Hall–Kier alpha value is -2.21. The minimum absolute atomic E-state index is 0.964. The summed E-state index contributed by atoms with van der Waals surface area (Å²) in [5.74, 6) is 1.03. The summed E-state index contributed by atoms with van der Waals surface area (Å²) in [5.41, 5.74) is 3.40. The van der Waals surface area contributed by atoms with Gasteiger partial charge in [-0.15, -0.1) is 0 Å². The van der Waals surface area contributed by atoms with Gasteiger partial charge in [-0.3, -0.25) is 0 Å². The van der Waals surface area contributed by atoms with Gasteiger partial charge in [0.25, 0.3) is 0 Å². The van der Waals surface area contributed by atoms with Crippen molar-refractivity contribution in [1.82, 2.24) is 15.0 Å². The van der Waals surface area contributed by atoms with Crippen molar-refractivity contribution in [3.05, 3.63) is 41.9 Å². The van der Waals surface area contributed by atoms with Crippen molar-refractivity contribution < 1.29 is 0 Å². The summed E-state index contributed by atoms with van der Waals surface area (Å²) in [6, 6.07) is 8.44. The third-order valence-electron chi connectivity index (χ3n) is 4.27. The smallest absolute Gasteiger partial charge is 0.186 e. The predicted molar refractivity (Wildman–Crippen MR) is 95.6 cm³/mol. The van der Waals surface area contributed by atoms with Gasteiger partial charge >= 0.3 is 0 Å². The van der Waals surface area contributed by atoms with Crippen LogP contribution in [0.4, 0.5) is 10.9 Å². The van der Waals surface area contributed by atoms with Crippen LogP contribution in [0.25, 0.3) is 10.2 Å². The molecule has 1 saturated heterocycles. The molecular weight excluding hydrogens is 306 g/mol. The van der Waals surface area contributed by atoms with Crippen molar-refractivity contribution in [1.29, 1.82) is 0 Å². The highest BCUT2D eigenvalue weighted by Gasteiger charge is 2.21. The fourth-order valence-electron chi connectivity index (χ4n) is 2.95. The van der Waals surface area contributed by atoms with Gasteiger partial charge < -0.3 is 9.80 Å². The summed E-state index contributed by atoms with van der Waals surface area (Å²) in [4.78, 5) is 18.1. The highest BCUT2D eigenvalue weighted by Crippen LogP contribution is 2.31. The molecule has 3 aromatic rings. The molecule has 3 heterocycles. The summed E-state index contributed by atoms with van der Waals surface area (Å²) in [7, 11) is 0. The number of thiazole rings is 1. The zero-order chi connectivity index (χ0) is 15.8. The van der Waals surface area contributed by atoms with Crippen LogP contribution in [0.15, 0.2) is 30.6 Å². The van der Waals surface area contributed by atoms with Crippen LogP contribution < -0.4 is 9.80 Å². The third kappa shape index (κ3) is 2.74. The molecule has 0 bridgehead atoms. The number of fused-ring (bicyclic) bond motifs is 1. The lowest BCUT2D eigenvalue weighted by molar-refractivity contribution is 0.645. The molecule has 0 atom stereocenters. The highest BCUT2D eigenvalue weighted by atomic mass is 32.1. The lowest BCUT2D eigenvalue weighted by Gasteiger charge is -2.35. The number of hydrogen-bond acceptors (Lipinski definition) is 6. The van der Waals surface area contributed by atoms with Crippen molar-refractivity contribution in [3.8, 4) is 0 Å². The second kappa shape index (κ2) is 5.77. The van der Waals surface area contributed by atoms with E-state index in [2.05, 4.69) is 51.0 Å². The first-order valence-electron chi connectivity index (χ1n) is 7.85. The molecule has 0 aliphatic carbocycles. The molecule has 1 aliphatic rings. The molecule has 118 valence electrons. The molecule has 0 unspecified atom stereocenters. The van der Waals surface area contributed by atoms with Crippen molar-refractivity contribution in [2.45, 2.75) is 13.8 Å². The van der Waals surface area contributed by atoms with Gasteiger partial charge in [0.2, 0.25) is 0 Å². The fraction of sp³-hybridized carbons (Fsp3) is 0.353. The summed E-state index contributed by atoms with van der Waals surface area (Å²) < 4.78 is 1.27. The first-order valence-corrected chi connectivity index (χ1v) is 8.67. The number of hydrogen-bond donors (Lipinski definition) is 0. The molecule has 0 amide bonds. The Morgan fingerprint density at radius 2 is 1.78 bits per heavy atom. The SMILES string of the molecule is Cc1cc(N2CCN(c3nc4c(C)cccc4s3)CC2)ncn1. The van der Waals surface area contributed by atoms with Crippen LogP contribution in [0.1, 0.15) is 11.3 Å². The number of para-hydroxylation sites is 1. The molecule has 6 heteroatoms. The van der Waals surface area contributed by atoms with Gasteiger partial charge in [-0.2, -0.15) is 0 Å². The lowest BCUT2D eigenvalue weighted by Crippen LogP contribution is -2.46. The molecule has 1 aliphatic heterocycles. The quantitative estimate of drug-likeness (QED) is 0.725. The van der Waals surface area contributed by atoms with Gasteiger partial charge in [0.05, 0.1) is 10.2 Å². The summed E-state index contributed by atoms with van der Waals surface area (Å²) >= 11 is 1.79. The van der Waals surface area contributed by atoms with Crippen molar-refractivity contribution in [3.63, 3.8) is 0 Å². The molecule has 4 rings (SSSR count).